The molecular formula is C17H21NO. The van der Waals surface area contributed by atoms with Gasteiger partial charge in [0.05, 0.1) is 5.60 Å². The summed E-state index contributed by atoms with van der Waals surface area (Å²) in [6.07, 6.45) is 3.41. The van der Waals surface area contributed by atoms with Crippen molar-refractivity contribution in [3.05, 3.63) is 65.0 Å². The first-order valence-electron chi connectivity index (χ1n) is 6.74. The summed E-state index contributed by atoms with van der Waals surface area (Å²) in [6, 6.07) is 12.1. The summed E-state index contributed by atoms with van der Waals surface area (Å²) in [5.74, 6) is 0. The predicted molar refractivity (Wildman–Crippen MR) is 78.1 cm³/mol. The molecule has 0 aliphatic carbocycles. The summed E-state index contributed by atoms with van der Waals surface area (Å²) in [6.45, 7) is 6.00. The number of pyridine rings is 1. The summed E-state index contributed by atoms with van der Waals surface area (Å²) in [7, 11) is 0. The monoisotopic (exact) mass is 255 g/mol. The molecule has 2 heteroatoms. The van der Waals surface area contributed by atoms with Gasteiger partial charge in [0.25, 0.3) is 0 Å². The van der Waals surface area contributed by atoms with Crippen LogP contribution in [0.5, 0.6) is 0 Å². The van der Waals surface area contributed by atoms with E-state index < -0.39 is 5.60 Å². The Morgan fingerprint density at radius 3 is 2.32 bits per heavy atom. The quantitative estimate of drug-likeness (QED) is 0.908. The number of aryl methyl sites for hydroxylation is 2. The third kappa shape index (κ3) is 3.42. The predicted octanol–water partition coefficient (Wildman–Crippen LogP) is 3.40. The van der Waals surface area contributed by atoms with Crippen LogP contribution in [0.3, 0.4) is 0 Å². The molecule has 2 rings (SSSR count). The maximum absolute atomic E-state index is 10.6. The van der Waals surface area contributed by atoms with Crippen LogP contribution in [0.1, 0.15) is 36.2 Å². The Morgan fingerprint density at radius 2 is 1.79 bits per heavy atom. The van der Waals surface area contributed by atoms with Gasteiger partial charge in [-0.1, -0.05) is 42.8 Å². The van der Waals surface area contributed by atoms with Crippen LogP contribution in [0.25, 0.3) is 0 Å². The Balaban J connectivity index is 2.17. The first-order chi connectivity index (χ1) is 9.01. The van der Waals surface area contributed by atoms with Crippen molar-refractivity contribution in [3.63, 3.8) is 0 Å². The van der Waals surface area contributed by atoms with Gasteiger partial charge in [-0.05, 0) is 37.5 Å². The third-order valence-corrected chi connectivity index (χ3v) is 3.49. The molecule has 0 amide bonds. The molecule has 0 saturated carbocycles. The number of nitrogens with zero attached hydrogens (tertiary/aromatic N) is 1. The number of rotatable bonds is 4. The standard InChI is InChI=1S/C17H21NO/c1-4-14-7-10-16(18-12-14)11-17(3,19)15-8-5-13(2)6-9-15/h5-10,12,19H,4,11H2,1-3H3. The highest BCUT2D eigenvalue weighted by Crippen LogP contribution is 2.25. The number of hydrogen-bond donors (Lipinski definition) is 1. The number of aliphatic hydroxyl groups is 1. The van der Waals surface area contributed by atoms with Crippen LogP contribution in [-0.2, 0) is 18.4 Å². The second kappa shape index (κ2) is 5.54. The van der Waals surface area contributed by atoms with Crippen molar-refractivity contribution in [2.24, 2.45) is 0 Å². The molecule has 19 heavy (non-hydrogen) atoms. The Morgan fingerprint density at radius 1 is 1.11 bits per heavy atom. The van der Waals surface area contributed by atoms with Crippen molar-refractivity contribution in [3.8, 4) is 0 Å². The van der Waals surface area contributed by atoms with Crippen molar-refractivity contribution in [1.29, 1.82) is 0 Å². The summed E-state index contributed by atoms with van der Waals surface area (Å²) < 4.78 is 0. The van der Waals surface area contributed by atoms with E-state index in [1.54, 1.807) is 0 Å². The van der Waals surface area contributed by atoms with E-state index in [0.717, 1.165) is 17.7 Å². The van der Waals surface area contributed by atoms with Gasteiger partial charge in [-0.25, -0.2) is 0 Å². The molecule has 0 aliphatic heterocycles. The zero-order valence-electron chi connectivity index (χ0n) is 11.9. The van der Waals surface area contributed by atoms with E-state index in [0.29, 0.717) is 6.42 Å². The van der Waals surface area contributed by atoms with Gasteiger partial charge in [0, 0.05) is 18.3 Å². The lowest BCUT2D eigenvalue weighted by Crippen LogP contribution is -2.24. The molecule has 1 heterocycles. The Labute approximate surface area is 115 Å². The zero-order valence-corrected chi connectivity index (χ0v) is 11.9. The van der Waals surface area contributed by atoms with Gasteiger partial charge in [-0.15, -0.1) is 0 Å². The van der Waals surface area contributed by atoms with Gasteiger partial charge in [0.1, 0.15) is 0 Å². The lowest BCUT2D eigenvalue weighted by Gasteiger charge is -2.23. The average Bonchev–Trinajstić information content (AvgIpc) is 2.40. The first kappa shape index (κ1) is 13.8. The summed E-state index contributed by atoms with van der Waals surface area (Å²) >= 11 is 0. The molecule has 1 aromatic heterocycles. The van der Waals surface area contributed by atoms with Crippen molar-refractivity contribution in [1.82, 2.24) is 4.98 Å². The molecule has 1 unspecified atom stereocenters. The minimum atomic E-state index is -0.881. The van der Waals surface area contributed by atoms with Crippen LogP contribution in [0.2, 0.25) is 0 Å². The van der Waals surface area contributed by atoms with Crippen LogP contribution in [-0.4, -0.2) is 10.1 Å². The second-order valence-electron chi connectivity index (χ2n) is 5.33. The molecule has 0 spiro atoms. The fourth-order valence-corrected chi connectivity index (χ4v) is 2.14. The topological polar surface area (TPSA) is 33.1 Å². The fourth-order valence-electron chi connectivity index (χ4n) is 2.14. The molecule has 1 atom stereocenters. The molecule has 0 bridgehead atoms. The minimum Gasteiger partial charge on any atom is -0.385 e. The van der Waals surface area contributed by atoms with Crippen LogP contribution in [0.15, 0.2) is 42.6 Å². The smallest absolute Gasteiger partial charge is 0.0923 e. The summed E-state index contributed by atoms with van der Waals surface area (Å²) in [4.78, 5) is 4.42. The molecule has 0 saturated heterocycles. The van der Waals surface area contributed by atoms with E-state index in [-0.39, 0.29) is 0 Å². The molecular weight excluding hydrogens is 234 g/mol. The molecule has 1 N–H and O–H groups in total. The molecule has 0 radical (unpaired) electrons. The average molecular weight is 255 g/mol. The van der Waals surface area contributed by atoms with Crippen LogP contribution in [0, 0.1) is 6.92 Å². The fraction of sp³-hybridized carbons (Fsp3) is 0.353. The highest BCUT2D eigenvalue weighted by atomic mass is 16.3. The van der Waals surface area contributed by atoms with E-state index in [2.05, 4.69) is 18.0 Å². The van der Waals surface area contributed by atoms with Crippen molar-refractivity contribution in [2.45, 2.75) is 39.2 Å². The lowest BCUT2D eigenvalue weighted by molar-refractivity contribution is 0.0566. The Hall–Kier alpha value is -1.67. The number of hydrogen-bond acceptors (Lipinski definition) is 2. The van der Waals surface area contributed by atoms with Crippen LogP contribution >= 0.6 is 0 Å². The normalized spacial score (nSPS) is 14.1. The van der Waals surface area contributed by atoms with Crippen molar-refractivity contribution < 1.29 is 5.11 Å². The first-order valence-corrected chi connectivity index (χ1v) is 6.74. The maximum atomic E-state index is 10.6. The number of benzene rings is 1. The largest absolute Gasteiger partial charge is 0.385 e. The minimum absolute atomic E-state index is 0.528. The summed E-state index contributed by atoms with van der Waals surface area (Å²) in [5.41, 5.74) is 3.39. The second-order valence-corrected chi connectivity index (χ2v) is 5.33. The molecule has 2 aromatic rings. The van der Waals surface area contributed by atoms with E-state index in [4.69, 9.17) is 0 Å². The van der Waals surface area contributed by atoms with E-state index in [1.807, 2.05) is 50.4 Å². The highest BCUT2D eigenvalue weighted by molar-refractivity contribution is 5.27. The van der Waals surface area contributed by atoms with Crippen molar-refractivity contribution in [2.75, 3.05) is 0 Å². The SMILES string of the molecule is CCc1ccc(CC(C)(O)c2ccc(C)cc2)nc1. The molecule has 2 nitrogen and oxygen atoms in total. The molecule has 1 aromatic carbocycles. The lowest BCUT2D eigenvalue weighted by atomic mass is 9.90. The van der Waals surface area contributed by atoms with Crippen LogP contribution < -0.4 is 0 Å². The Bertz CT molecular complexity index is 526. The molecule has 0 fully saturated rings. The molecule has 0 aliphatic rings. The van der Waals surface area contributed by atoms with Gasteiger partial charge >= 0.3 is 0 Å². The van der Waals surface area contributed by atoms with E-state index >= 15 is 0 Å². The van der Waals surface area contributed by atoms with Gasteiger partial charge in [0.2, 0.25) is 0 Å². The maximum Gasteiger partial charge on any atom is 0.0923 e. The summed E-state index contributed by atoms with van der Waals surface area (Å²) in [5, 5.41) is 10.6. The van der Waals surface area contributed by atoms with Gasteiger partial charge < -0.3 is 5.11 Å². The van der Waals surface area contributed by atoms with E-state index in [1.165, 1.54) is 11.1 Å². The van der Waals surface area contributed by atoms with Gasteiger partial charge in [0.15, 0.2) is 0 Å². The van der Waals surface area contributed by atoms with Crippen LogP contribution in [0.4, 0.5) is 0 Å². The van der Waals surface area contributed by atoms with E-state index in [9.17, 15) is 5.11 Å². The Kier molecular flexibility index (Phi) is 4.01. The number of aromatic nitrogens is 1. The van der Waals surface area contributed by atoms with Gasteiger partial charge in [-0.2, -0.15) is 0 Å². The molecule has 100 valence electrons. The van der Waals surface area contributed by atoms with Gasteiger partial charge in [-0.3, -0.25) is 4.98 Å². The van der Waals surface area contributed by atoms with Crippen molar-refractivity contribution >= 4 is 0 Å². The highest BCUT2D eigenvalue weighted by Gasteiger charge is 2.23. The zero-order chi connectivity index (χ0) is 13.9. The third-order valence-electron chi connectivity index (χ3n) is 3.49.